The minimum Gasteiger partial charge on any atom is -0.332 e. The van der Waals surface area contributed by atoms with E-state index in [1.54, 1.807) is 12.3 Å². The first-order chi connectivity index (χ1) is 14.2. The van der Waals surface area contributed by atoms with E-state index in [9.17, 15) is 9.59 Å². The Bertz CT molecular complexity index is 964. The number of hydrogen-bond donors (Lipinski definition) is 1. The van der Waals surface area contributed by atoms with Crippen molar-refractivity contribution in [3.63, 3.8) is 0 Å². The molecule has 29 heavy (non-hydrogen) atoms. The normalized spacial score (nSPS) is 21.1. The number of likely N-dealkylation sites (tertiary alicyclic amines) is 2. The first-order valence-electron chi connectivity index (χ1n) is 9.95. The predicted octanol–water partition coefficient (Wildman–Crippen LogP) is 3.01. The fourth-order valence-corrected chi connectivity index (χ4v) is 4.78. The molecule has 2 amide bonds. The molecule has 6 nitrogen and oxygen atoms in total. The molecule has 2 aliphatic heterocycles. The Morgan fingerprint density at radius 2 is 1.62 bits per heavy atom. The number of hydrogen-bond acceptors (Lipinski definition) is 3. The van der Waals surface area contributed by atoms with E-state index in [4.69, 9.17) is 0 Å². The molecule has 5 rings (SSSR count). The second-order valence-electron chi connectivity index (χ2n) is 7.62. The number of nitrogens with one attached hydrogen (secondary N) is 1. The molecule has 0 bridgehead atoms. The number of amides is 2. The van der Waals surface area contributed by atoms with E-state index >= 15 is 0 Å². The molecule has 0 aliphatic carbocycles. The van der Waals surface area contributed by atoms with Gasteiger partial charge in [-0.25, -0.2) is 0 Å². The highest BCUT2D eigenvalue weighted by Gasteiger charge is 2.51. The van der Waals surface area contributed by atoms with E-state index in [1.807, 2.05) is 46.2 Å². The van der Waals surface area contributed by atoms with Crippen LogP contribution in [-0.2, 0) is 4.79 Å². The van der Waals surface area contributed by atoms with Crippen molar-refractivity contribution in [2.24, 2.45) is 0 Å². The Labute approximate surface area is 169 Å². The van der Waals surface area contributed by atoms with Gasteiger partial charge in [0, 0.05) is 19.2 Å². The molecule has 2 atom stereocenters. The van der Waals surface area contributed by atoms with Crippen LogP contribution in [0.15, 0.2) is 72.9 Å². The minimum atomic E-state index is -0.151. The maximum atomic E-state index is 13.2. The Morgan fingerprint density at radius 1 is 0.966 bits per heavy atom. The average molecular weight is 386 g/mol. The molecule has 0 radical (unpaired) electrons. The summed E-state index contributed by atoms with van der Waals surface area (Å²) in [5, 5.41) is 6.64. The molecule has 2 unspecified atom stereocenters. The van der Waals surface area contributed by atoms with Crippen molar-refractivity contribution in [1.82, 2.24) is 20.0 Å². The van der Waals surface area contributed by atoms with Crippen molar-refractivity contribution < 1.29 is 9.59 Å². The van der Waals surface area contributed by atoms with Crippen LogP contribution in [0.5, 0.6) is 0 Å². The van der Waals surface area contributed by atoms with Crippen LogP contribution < -0.4 is 0 Å². The molecule has 3 heterocycles. The molecule has 6 heteroatoms. The van der Waals surface area contributed by atoms with Crippen LogP contribution in [0.1, 0.15) is 40.5 Å². The second-order valence-corrected chi connectivity index (χ2v) is 7.62. The van der Waals surface area contributed by atoms with Gasteiger partial charge in [0.15, 0.2) is 0 Å². The summed E-state index contributed by atoms with van der Waals surface area (Å²) in [7, 11) is 0. The van der Waals surface area contributed by atoms with E-state index in [0.717, 1.165) is 17.5 Å². The zero-order valence-corrected chi connectivity index (χ0v) is 15.9. The van der Waals surface area contributed by atoms with Gasteiger partial charge in [-0.05, 0) is 23.6 Å². The van der Waals surface area contributed by atoms with Crippen LogP contribution in [0, 0.1) is 0 Å². The summed E-state index contributed by atoms with van der Waals surface area (Å²) in [6.07, 6.45) is 2.72. The third-order valence-electron chi connectivity index (χ3n) is 6.04. The first-order valence-corrected chi connectivity index (χ1v) is 9.95. The van der Waals surface area contributed by atoms with Crippen molar-refractivity contribution in [2.45, 2.75) is 31.0 Å². The number of carbonyl (C=O) groups excluding carboxylic acids is 2. The molecule has 1 N–H and O–H groups in total. The Hall–Kier alpha value is -3.41. The predicted molar refractivity (Wildman–Crippen MR) is 108 cm³/mol. The highest BCUT2D eigenvalue weighted by atomic mass is 16.2. The first kappa shape index (κ1) is 17.7. The lowest BCUT2D eigenvalue weighted by Gasteiger charge is -2.33. The fourth-order valence-electron chi connectivity index (χ4n) is 4.78. The highest BCUT2D eigenvalue weighted by molar-refractivity contribution is 5.94. The number of rotatable bonds is 4. The molecule has 2 aliphatic rings. The summed E-state index contributed by atoms with van der Waals surface area (Å²) in [5.41, 5.74) is 2.65. The van der Waals surface area contributed by atoms with E-state index in [1.165, 1.54) is 0 Å². The van der Waals surface area contributed by atoms with Crippen molar-refractivity contribution in [3.8, 4) is 0 Å². The smallest absolute Gasteiger partial charge is 0.272 e. The number of nitrogens with zero attached hydrogens (tertiary/aromatic N) is 3. The quantitative estimate of drug-likeness (QED) is 0.749. The van der Waals surface area contributed by atoms with Gasteiger partial charge in [0.2, 0.25) is 5.91 Å². The van der Waals surface area contributed by atoms with E-state index in [-0.39, 0.29) is 29.9 Å². The van der Waals surface area contributed by atoms with E-state index in [2.05, 4.69) is 34.5 Å². The van der Waals surface area contributed by atoms with Gasteiger partial charge >= 0.3 is 0 Å². The molecule has 146 valence electrons. The second kappa shape index (κ2) is 7.20. The van der Waals surface area contributed by atoms with Crippen molar-refractivity contribution >= 4 is 11.8 Å². The maximum absolute atomic E-state index is 13.2. The van der Waals surface area contributed by atoms with Crippen LogP contribution in [0.4, 0.5) is 0 Å². The summed E-state index contributed by atoms with van der Waals surface area (Å²) < 4.78 is 0. The third-order valence-corrected chi connectivity index (χ3v) is 6.04. The summed E-state index contributed by atoms with van der Waals surface area (Å²) in [6.45, 7) is 0.646. The van der Waals surface area contributed by atoms with E-state index in [0.29, 0.717) is 18.7 Å². The molecule has 2 aromatic carbocycles. The number of aromatic nitrogens is 2. The summed E-state index contributed by atoms with van der Waals surface area (Å²) in [4.78, 5) is 29.9. The maximum Gasteiger partial charge on any atom is 0.272 e. The standard InChI is InChI=1S/C23H22N4O2/c28-21-15-20-19(12-14-26(20)23(29)18-11-13-24-25-18)27(21)22(16-7-3-1-4-8-16)17-9-5-2-6-10-17/h1-11,13,19-20,22H,12,14-15H2,(H,24,25). The largest absolute Gasteiger partial charge is 0.332 e. The zero-order valence-electron chi connectivity index (χ0n) is 15.9. The number of benzene rings is 2. The average Bonchev–Trinajstić information content (AvgIpc) is 3.48. The zero-order chi connectivity index (χ0) is 19.8. The summed E-state index contributed by atoms with van der Waals surface area (Å²) >= 11 is 0. The van der Waals surface area contributed by atoms with Crippen LogP contribution in [0.3, 0.4) is 0 Å². The Kier molecular flexibility index (Phi) is 4.39. The minimum absolute atomic E-state index is 0.0137. The lowest BCUT2D eigenvalue weighted by Crippen LogP contribution is -2.41. The molecule has 3 aromatic rings. The van der Waals surface area contributed by atoms with Crippen LogP contribution in [-0.4, -0.2) is 50.4 Å². The molecule has 1 aromatic heterocycles. The van der Waals surface area contributed by atoms with Gasteiger partial charge < -0.3 is 9.80 Å². The van der Waals surface area contributed by atoms with Crippen molar-refractivity contribution in [2.75, 3.05) is 6.54 Å². The van der Waals surface area contributed by atoms with Gasteiger partial charge in [0.05, 0.1) is 18.1 Å². The highest BCUT2D eigenvalue weighted by Crippen LogP contribution is 2.41. The van der Waals surface area contributed by atoms with Crippen LogP contribution >= 0.6 is 0 Å². The molecular weight excluding hydrogens is 364 g/mol. The third kappa shape index (κ3) is 3.01. The van der Waals surface area contributed by atoms with Gasteiger partial charge in [0.25, 0.3) is 5.91 Å². The monoisotopic (exact) mass is 386 g/mol. The summed E-state index contributed by atoms with van der Waals surface area (Å²) in [6, 6.07) is 21.7. The number of fused-ring (bicyclic) bond motifs is 1. The molecule has 0 spiro atoms. The van der Waals surface area contributed by atoms with Crippen LogP contribution in [0.2, 0.25) is 0 Å². The topological polar surface area (TPSA) is 69.3 Å². The molecule has 0 saturated carbocycles. The lowest BCUT2D eigenvalue weighted by atomic mass is 9.96. The molecule has 2 fully saturated rings. The van der Waals surface area contributed by atoms with Gasteiger partial charge in [0.1, 0.15) is 5.69 Å². The van der Waals surface area contributed by atoms with Crippen LogP contribution in [0.25, 0.3) is 0 Å². The van der Waals surface area contributed by atoms with Crippen molar-refractivity contribution in [1.29, 1.82) is 0 Å². The summed E-state index contributed by atoms with van der Waals surface area (Å²) in [5.74, 6) is 0.0143. The number of aromatic amines is 1. The van der Waals surface area contributed by atoms with Gasteiger partial charge in [-0.2, -0.15) is 5.10 Å². The van der Waals surface area contributed by atoms with Gasteiger partial charge in [-0.1, -0.05) is 60.7 Å². The van der Waals surface area contributed by atoms with Gasteiger partial charge in [-0.15, -0.1) is 0 Å². The fraction of sp³-hybridized carbons (Fsp3) is 0.261. The SMILES string of the molecule is O=C(c1ccn[nH]1)N1CCC2C1CC(=O)N2C(c1ccccc1)c1ccccc1. The molecule has 2 saturated heterocycles. The lowest BCUT2D eigenvalue weighted by molar-refractivity contribution is -0.130. The number of carbonyl (C=O) groups is 2. The molecular formula is C23H22N4O2. The van der Waals surface area contributed by atoms with E-state index < -0.39 is 0 Å². The van der Waals surface area contributed by atoms with Crippen molar-refractivity contribution in [3.05, 3.63) is 89.7 Å². The Balaban J connectivity index is 1.50. The Morgan fingerprint density at radius 3 is 2.21 bits per heavy atom. The number of H-pyrrole nitrogens is 1. The van der Waals surface area contributed by atoms with Gasteiger partial charge in [-0.3, -0.25) is 14.7 Å².